The first-order valence-corrected chi connectivity index (χ1v) is 10.2. The van der Waals surface area contributed by atoms with E-state index in [1.54, 1.807) is 0 Å². The van der Waals surface area contributed by atoms with Gasteiger partial charge in [-0.05, 0) is 37.4 Å². The van der Waals surface area contributed by atoms with Crippen LogP contribution in [0.15, 0.2) is 41.4 Å². The van der Waals surface area contributed by atoms with Crippen molar-refractivity contribution in [1.82, 2.24) is 19.1 Å². The molecule has 148 valence electrons. The molecule has 1 aliphatic rings. The number of likely N-dealkylation sites (N-methyl/N-ethyl adjacent to an activating group) is 1. The zero-order valence-electron chi connectivity index (χ0n) is 15.4. The van der Waals surface area contributed by atoms with Crippen LogP contribution in [-0.4, -0.2) is 62.6 Å². The number of aryl methyl sites for hydroxylation is 1. The van der Waals surface area contributed by atoms with Crippen LogP contribution in [0.25, 0.3) is 0 Å². The van der Waals surface area contributed by atoms with E-state index < -0.39 is 26.6 Å². The van der Waals surface area contributed by atoms with Crippen molar-refractivity contribution in [3.05, 3.63) is 53.9 Å². The van der Waals surface area contributed by atoms with Crippen molar-refractivity contribution in [2.45, 2.75) is 10.9 Å². The van der Waals surface area contributed by atoms with Crippen LogP contribution < -0.4 is 4.72 Å². The van der Waals surface area contributed by atoms with E-state index in [4.69, 9.17) is 0 Å². The molecule has 0 bridgehead atoms. The van der Waals surface area contributed by atoms with Crippen LogP contribution in [0.1, 0.15) is 11.7 Å². The highest BCUT2D eigenvalue weighted by Gasteiger charge is 2.28. The lowest BCUT2D eigenvalue weighted by Gasteiger charge is -2.38. The fourth-order valence-corrected chi connectivity index (χ4v) is 4.45. The third-order valence-electron chi connectivity index (χ3n) is 4.95. The van der Waals surface area contributed by atoms with Crippen molar-refractivity contribution in [2.75, 3.05) is 39.8 Å². The number of aromatic nitrogens is 1. The van der Waals surface area contributed by atoms with Gasteiger partial charge in [-0.25, -0.2) is 21.9 Å². The van der Waals surface area contributed by atoms with Gasteiger partial charge < -0.3 is 9.47 Å². The monoisotopic (exact) mass is 398 g/mol. The number of benzene rings is 1. The van der Waals surface area contributed by atoms with Crippen molar-refractivity contribution < 1.29 is 17.2 Å². The predicted molar refractivity (Wildman–Crippen MR) is 98.8 cm³/mol. The Labute approximate surface area is 158 Å². The standard InChI is InChI=1S/C18H24F2N4O2S/c1-22-8-10-24(11-9-22)17(16-4-3-7-23(16)2)13-21-27(25,26)18-12-14(19)5-6-15(18)20/h3-7,12,17,21H,8-11,13H2,1-2H3/t17-/m0/s1. The van der Waals surface area contributed by atoms with E-state index in [9.17, 15) is 17.2 Å². The van der Waals surface area contributed by atoms with Crippen molar-refractivity contribution in [3.8, 4) is 0 Å². The highest BCUT2D eigenvalue weighted by Crippen LogP contribution is 2.23. The molecule has 1 fully saturated rings. The van der Waals surface area contributed by atoms with Gasteiger partial charge in [-0.15, -0.1) is 0 Å². The molecule has 1 aromatic carbocycles. The minimum Gasteiger partial charge on any atom is -0.353 e. The van der Waals surface area contributed by atoms with E-state index in [0.717, 1.165) is 44.0 Å². The first-order chi connectivity index (χ1) is 12.8. The number of halogens is 2. The molecule has 2 aromatic rings. The van der Waals surface area contributed by atoms with Crippen molar-refractivity contribution in [2.24, 2.45) is 7.05 Å². The number of nitrogens with one attached hydrogen (secondary N) is 1. The van der Waals surface area contributed by atoms with Gasteiger partial charge in [-0.3, -0.25) is 4.90 Å². The summed E-state index contributed by atoms with van der Waals surface area (Å²) in [6, 6.07) is 6.05. The average molecular weight is 398 g/mol. The predicted octanol–water partition coefficient (Wildman–Crippen LogP) is 1.57. The maximum absolute atomic E-state index is 13.9. The first kappa shape index (κ1) is 19.9. The Morgan fingerprint density at radius 2 is 1.81 bits per heavy atom. The summed E-state index contributed by atoms with van der Waals surface area (Å²) in [6.07, 6.45) is 1.90. The van der Waals surface area contributed by atoms with Gasteiger partial charge in [0.2, 0.25) is 10.0 Å². The number of hydrogen-bond donors (Lipinski definition) is 1. The summed E-state index contributed by atoms with van der Waals surface area (Å²) in [5, 5.41) is 0. The minimum atomic E-state index is -4.17. The van der Waals surface area contributed by atoms with Gasteiger partial charge in [0, 0.05) is 51.7 Å². The van der Waals surface area contributed by atoms with Gasteiger partial charge in [-0.2, -0.15) is 0 Å². The topological polar surface area (TPSA) is 57.6 Å². The SMILES string of the molecule is CN1CCN([C@@H](CNS(=O)(=O)c2cc(F)ccc2F)c2cccn2C)CC1. The van der Waals surface area contributed by atoms with Crippen LogP contribution in [-0.2, 0) is 17.1 Å². The highest BCUT2D eigenvalue weighted by molar-refractivity contribution is 7.89. The Kier molecular flexibility index (Phi) is 5.95. The third kappa shape index (κ3) is 4.55. The average Bonchev–Trinajstić information content (AvgIpc) is 3.04. The Bertz CT molecular complexity index is 893. The van der Waals surface area contributed by atoms with Crippen LogP contribution in [0.4, 0.5) is 8.78 Å². The summed E-state index contributed by atoms with van der Waals surface area (Å²) < 4.78 is 56.8. The lowest BCUT2D eigenvalue weighted by atomic mass is 10.1. The van der Waals surface area contributed by atoms with Crippen molar-refractivity contribution in [1.29, 1.82) is 0 Å². The summed E-state index contributed by atoms with van der Waals surface area (Å²) >= 11 is 0. The van der Waals surface area contributed by atoms with Crippen LogP contribution in [0.3, 0.4) is 0 Å². The smallest absolute Gasteiger partial charge is 0.243 e. The van der Waals surface area contributed by atoms with Crippen LogP contribution in [0.2, 0.25) is 0 Å². The Morgan fingerprint density at radius 1 is 1.11 bits per heavy atom. The molecule has 1 aromatic heterocycles. The van der Waals surface area contributed by atoms with Gasteiger partial charge in [0.15, 0.2) is 0 Å². The fourth-order valence-electron chi connectivity index (χ4n) is 3.32. The van der Waals surface area contributed by atoms with Crippen molar-refractivity contribution in [3.63, 3.8) is 0 Å². The molecular formula is C18H24F2N4O2S. The molecule has 3 rings (SSSR count). The zero-order chi connectivity index (χ0) is 19.6. The molecule has 0 radical (unpaired) electrons. The molecule has 1 aliphatic heterocycles. The van der Waals surface area contributed by atoms with Gasteiger partial charge in [0.1, 0.15) is 16.5 Å². The van der Waals surface area contributed by atoms with Crippen LogP contribution in [0.5, 0.6) is 0 Å². The second-order valence-corrected chi connectivity index (χ2v) is 8.56. The van der Waals surface area contributed by atoms with E-state index >= 15 is 0 Å². The lowest BCUT2D eigenvalue weighted by molar-refractivity contribution is 0.109. The highest BCUT2D eigenvalue weighted by atomic mass is 32.2. The van der Waals surface area contributed by atoms with E-state index in [1.807, 2.05) is 37.0 Å². The molecule has 1 saturated heterocycles. The molecule has 27 heavy (non-hydrogen) atoms. The Hall–Kier alpha value is -1.81. The van der Waals surface area contributed by atoms with Gasteiger partial charge in [0.05, 0.1) is 6.04 Å². The second-order valence-electron chi connectivity index (χ2n) is 6.83. The van der Waals surface area contributed by atoms with Gasteiger partial charge >= 0.3 is 0 Å². The molecule has 0 amide bonds. The minimum absolute atomic E-state index is 0.0693. The lowest BCUT2D eigenvalue weighted by Crippen LogP contribution is -2.48. The van der Waals surface area contributed by atoms with E-state index in [-0.39, 0.29) is 12.6 Å². The number of hydrogen-bond acceptors (Lipinski definition) is 4. The van der Waals surface area contributed by atoms with Gasteiger partial charge in [0.25, 0.3) is 0 Å². The molecule has 0 spiro atoms. The quantitative estimate of drug-likeness (QED) is 0.803. The van der Waals surface area contributed by atoms with E-state index in [2.05, 4.69) is 14.5 Å². The maximum Gasteiger partial charge on any atom is 0.243 e. The van der Waals surface area contributed by atoms with Crippen LogP contribution in [0, 0.1) is 11.6 Å². The maximum atomic E-state index is 13.9. The number of sulfonamides is 1. The molecule has 0 saturated carbocycles. The Balaban J connectivity index is 1.82. The van der Waals surface area contributed by atoms with Crippen LogP contribution >= 0.6 is 0 Å². The summed E-state index contributed by atoms with van der Waals surface area (Å²) in [7, 11) is -0.225. The molecule has 6 nitrogen and oxygen atoms in total. The molecule has 1 N–H and O–H groups in total. The molecule has 0 aliphatic carbocycles. The third-order valence-corrected chi connectivity index (χ3v) is 6.39. The normalized spacial score (nSPS) is 17.9. The number of piperazine rings is 1. The summed E-state index contributed by atoms with van der Waals surface area (Å²) in [5.41, 5.74) is 0.960. The fraction of sp³-hybridized carbons (Fsp3) is 0.444. The summed E-state index contributed by atoms with van der Waals surface area (Å²) in [5.74, 6) is -1.77. The number of nitrogens with zero attached hydrogens (tertiary/aromatic N) is 3. The largest absolute Gasteiger partial charge is 0.353 e. The number of rotatable bonds is 6. The molecule has 1 atom stereocenters. The zero-order valence-corrected chi connectivity index (χ0v) is 16.2. The van der Waals surface area contributed by atoms with Gasteiger partial charge in [-0.1, -0.05) is 0 Å². The summed E-state index contributed by atoms with van der Waals surface area (Å²) in [6.45, 7) is 3.42. The first-order valence-electron chi connectivity index (χ1n) is 8.76. The molecule has 2 heterocycles. The summed E-state index contributed by atoms with van der Waals surface area (Å²) in [4.78, 5) is 3.75. The molecule has 0 unspecified atom stereocenters. The second kappa shape index (κ2) is 8.05. The van der Waals surface area contributed by atoms with E-state index in [0.29, 0.717) is 6.07 Å². The van der Waals surface area contributed by atoms with Crippen molar-refractivity contribution >= 4 is 10.0 Å². The molecular weight excluding hydrogens is 374 g/mol. The van der Waals surface area contributed by atoms with E-state index in [1.165, 1.54) is 0 Å². The molecule has 9 heteroatoms. The Morgan fingerprint density at radius 3 is 2.44 bits per heavy atom.